The third kappa shape index (κ3) is 4.70. The molecule has 0 radical (unpaired) electrons. The minimum Gasteiger partial charge on any atom is -0.462 e. The van der Waals surface area contributed by atoms with E-state index < -0.39 is 36.3 Å². The Balaban J connectivity index is 1.80. The predicted molar refractivity (Wildman–Crippen MR) is 118 cm³/mol. The molecule has 1 aromatic carbocycles. The number of urea groups is 1. The summed E-state index contributed by atoms with van der Waals surface area (Å²) in [6.07, 6.45) is 1.30. The number of esters is 1. The smallest absolute Gasteiger partial charge is 0.341 e. The first-order valence-corrected chi connectivity index (χ1v) is 11.1. The van der Waals surface area contributed by atoms with Crippen LogP contribution in [0.3, 0.4) is 0 Å². The molecule has 9 nitrogen and oxygen atoms in total. The second-order valence-corrected chi connectivity index (χ2v) is 7.85. The Morgan fingerprint density at radius 3 is 2.38 bits per heavy atom. The molecule has 0 saturated carbocycles. The Bertz CT molecular complexity index is 1050. The van der Waals surface area contributed by atoms with Gasteiger partial charge in [0.25, 0.3) is 0 Å². The summed E-state index contributed by atoms with van der Waals surface area (Å²) >= 11 is 1.13. The van der Waals surface area contributed by atoms with Crippen LogP contribution in [0.2, 0.25) is 0 Å². The summed E-state index contributed by atoms with van der Waals surface area (Å²) in [5, 5.41) is 4.54. The van der Waals surface area contributed by atoms with Crippen molar-refractivity contribution in [2.45, 2.75) is 26.7 Å². The van der Waals surface area contributed by atoms with E-state index in [4.69, 9.17) is 4.74 Å². The lowest BCUT2D eigenvalue weighted by Crippen LogP contribution is -2.39. The number of rotatable bonds is 9. The van der Waals surface area contributed by atoms with Crippen LogP contribution in [0, 0.1) is 0 Å². The molecule has 5 amide bonds. The van der Waals surface area contributed by atoms with Crippen LogP contribution in [-0.2, 0) is 19.1 Å². The van der Waals surface area contributed by atoms with Crippen molar-refractivity contribution in [2.75, 3.05) is 25.0 Å². The van der Waals surface area contributed by atoms with Crippen LogP contribution in [0.15, 0.2) is 35.7 Å². The van der Waals surface area contributed by atoms with Gasteiger partial charge >= 0.3 is 23.8 Å². The number of carbonyl (C=O) groups excluding carboxylic acids is 5. The van der Waals surface area contributed by atoms with E-state index in [1.54, 1.807) is 12.3 Å². The van der Waals surface area contributed by atoms with Crippen molar-refractivity contribution in [1.82, 2.24) is 9.80 Å². The lowest BCUT2D eigenvalue weighted by molar-refractivity contribution is -0.143. The lowest BCUT2D eigenvalue weighted by Gasteiger charge is -2.15. The number of benzene rings is 1. The number of nitrogens with zero attached hydrogens (tertiary/aromatic N) is 2. The normalized spacial score (nSPS) is 13.6. The average Bonchev–Trinajstić information content (AvgIpc) is 3.28. The molecule has 1 aromatic heterocycles. The Labute approximate surface area is 188 Å². The molecule has 1 aliphatic rings. The molecule has 1 saturated heterocycles. The molecule has 32 heavy (non-hydrogen) atoms. The zero-order valence-electron chi connectivity index (χ0n) is 17.8. The Hall–Kier alpha value is -3.53. The summed E-state index contributed by atoms with van der Waals surface area (Å²) in [4.78, 5) is 63.4. The Kier molecular flexibility index (Phi) is 7.37. The molecule has 0 bridgehead atoms. The summed E-state index contributed by atoms with van der Waals surface area (Å²) in [5.74, 6) is -3.28. The van der Waals surface area contributed by atoms with Crippen molar-refractivity contribution in [2.24, 2.45) is 0 Å². The van der Waals surface area contributed by atoms with Gasteiger partial charge in [0.1, 0.15) is 17.1 Å². The van der Waals surface area contributed by atoms with Crippen LogP contribution >= 0.6 is 11.3 Å². The largest absolute Gasteiger partial charge is 0.462 e. The zero-order chi connectivity index (χ0) is 23.3. The van der Waals surface area contributed by atoms with Gasteiger partial charge in [-0.1, -0.05) is 43.7 Å². The highest BCUT2D eigenvalue weighted by molar-refractivity contribution is 7.15. The van der Waals surface area contributed by atoms with Crippen LogP contribution in [0.4, 0.5) is 9.80 Å². The van der Waals surface area contributed by atoms with E-state index in [9.17, 15) is 24.0 Å². The molecule has 168 valence electrons. The first-order valence-electron chi connectivity index (χ1n) is 10.2. The molecule has 2 heterocycles. The summed E-state index contributed by atoms with van der Waals surface area (Å²) in [6, 6.07) is 8.34. The van der Waals surface area contributed by atoms with Crippen molar-refractivity contribution in [1.29, 1.82) is 0 Å². The van der Waals surface area contributed by atoms with Crippen molar-refractivity contribution in [3.05, 3.63) is 41.3 Å². The van der Waals surface area contributed by atoms with Gasteiger partial charge in [0.05, 0.1) is 6.61 Å². The minimum absolute atomic E-state index is 0.121. The number of carbonyl (C=O) groups is 5. The van der Waals surface area contributed by atoms with Crippen LogP contribution in [0.1, 0.15) is 37.0 Å². The molecule has 1 N–H and O–H groups in total. The van der Waals surface area contributed by atoms with Crippen molar-refractivity contribution in [3.8, 4) is 11.1 Å². The van der Waals surface area contributed by atoms with E-state index in [1.807, 2.05) is 37.3 Å². The maximum absolute atomic E-state index is 12.6. The lowest BCUT2D eigenvalue weighted by atomic mass is 10.0. The van der Waals surface area contributed by atoms with Gasteiger partial charge in [-0.25, -0.2) is 14.5 Å². The molecule has 0 aliphatic carbocycles. The number of thiophene rings is 1. The molecule has 1 aliphatic heterocycles. The highest BCUT2D eigenvalue weighted by Gasteiger charge is 2.44. The van der Waals surface area contributed by atoms with E-state index >= 15 is 0 Å². The Morgan fingerprint density at radius 1 is 1.03 bits per heavy atom. The van der Waals surface area contributed by atoms with Gasteiger partial charge in [-0.3, -0.25) is 19.3 Å². The summed E-state index contributed by atoms with van der Waals surface area (Å²) < 4.78 is 5.15. The molecule has 0 atom stereocenters. The number of hydrogen-bond acceptors (Lipinski definition) is 7. The number of imide groups is 2. The second-order valence-electron chi connectivity index (χ2n) is 6.97. The van der Waals surface area contributed by atoms with Gasteiger partial charge in [0.2, 0.25) is 5.91 Å². The topological polar surface area (TPSA) is 113 Å². The molecule has 0 spiro atoms. The van der Waals surface area contributed by atoms with E-state index in [2.05, 4.69) is 5.32 Å². The maximum atomic E-state index is 12.6. The molecule has 2 aromatic rings. The van der Waals surface area contributed by atoms with Gasteiger partial charge in [0.15, 0.2) is 0 Å². The van der Waals surface area contributed by atoms with E-state index in [0.717, 1.165) is 28.2 Å². The third-order valence-electron chi connectivity index (χ3n) is 4.78. The van der Waals surface area contributed by atoms with Crippen molar-refractivity contribution in [3.63, 3.8) is 0 Å². The van der Waals surface area contributed by atoms with E-state index in [-0.39, 0.29) is 23.7 Å². The second kappa shape index (κ2) is 10.2. The van der Waals surface area contributed by atoms with Gasteiger partial charge in [-0.15, -0.1) is 11.3 Å². The van der Waals surface area contributed by atoms with Crippen LogP contribution in [0.5, 0.6) is 0 Å². The SMILES string of the molecule is CCCCN1C(=O)C(=O)N(CC(=O)Nc2scc(-c3ccccc3)c2C(=O)OCC)C1=O. The van der Waals surface area contributed by atoms with Crippen molar-refractivity contribution < 1.29 is 28.7 Å². The van der Waals surface area contributed by atoms with E-state index in [1.165, 1.54) is 0 Å². The fraction of sp³-hybridized carbons (Fsp3) is 0.318. The maximum Gasteiger partial charge on any atom is 0.341 e. The standard InChI is InChI=1S/C22H23N3O6S/c1-3-5-11-24-19(27)20(28)25(22(24)30)12-16(26)23-18-17(21(29)31-4-2)15(13-32-18)14-9-7-6-8-10-14/h6-10,13H,3-5,11-12H2,1-2H3,(H,23,26). The van der Waals surface area contributed by atoms with E-state index in [0.29, 0.717) is 16.9 Å². The van der Waals surface area contributed by atoms with Gasteiger partial charge in [-0.2, -0.15) is 0 Å². The highest BCUT2D eigenvalue weighted by atomic mass is 32.1. The fourth-order valence-electron chi connectivity index (χ4n) is 3.20. The molecular formula is C22H23N3O6S. The predicted octanol–water partition coefficient (Wildman–Crippen LogP) is 3.12. The fourth-order valence-corrected chi connectivity index (χ4v) is 4.17. The van der Waals surface area contributed by atoms with Crippen molar-refractivity contribution >= 4 is 46.1 Å². The first-order chi connectivity index (χ1) is 15.4. The highest BCUT2D eigenvalue weighted by Crippen LogP contribution is 2.36. The van der Waals surface area contributed by atoms with Crippen LogP contribution < -0.4 is 5.32 Å². The summed E-state index contributed by atoms with van der Waals surface area (Å²) in [6.45, 7) is 3.21. The summed E-state index contributed by atoms with van der Waals surface area (Å²) in [7, 11) is 0. The number of amides is 5. The average molecular weight is 458 g/mol. The van der Waals surface area contributed by atoms with Gasteiger partial charge < -0.3 is 10.1 Å². The zero-order valence-corrected chi connectivity index (χ0v) is 18.6. The molecule has 1 fully saturated rings. The molecular weight excluding hydrogens is 434 g/mol. The quantitative estimate of drug-likeness (QED) is 0.352. The van der Waals surface area contributed by atoms with Gasteiger partial charge in [0, 0.05) is 17.5 Å². The number of hydrogen-bond donors (Lipinski definition) is 1. The number of ether oxygens (including phenoxy) is 1. The monoisotopic (exact) mass is 457 g/mol. The van der Waals surface area contributed by atoms with Crippen LogP contribution in [-0.4, -0.2) is 59.2 Å². The summed E-state index contributed by atoms with van der Waals surface area (Å²) in [5.41, 5.74) is 1.56. The number of unbranched alkanes of at least 4 members (excludes halogenated alkanes) is 1. The number of anilines is 1. The minimum atomic E-state index is -1.04. The van der Waals surface area contributed by atoms with Crippen LogP contribution in [0.25, 0.3) is 11.1 Å². The Morgan fingerprint density at radius 2 is 1.72 bits per heavy atom. The molecule has 0 unspecified atom stereocenters. The third-order valence-corrected chi connectivity index (χ3v) is 5.68. The van der Waals surface area contributed by atoms with Gasteiger partial charge in [-0.05, 0) is 18.9 Å². The first kappa shape index (κ1) is 23.1. The number of nitrogens with one attached hydrogen (secondary N) is 1. The molecule has 10 heteroatoms. The molecule has 3 rings (SSSR count).